The minimum Gasteiger partial charge on any atom is -0.465 e. The van der Waals surface area contributed by atoms with Crippen molar-refractivity contribution in [3.05, 3.63) is 35.9 Å². The van der Waals surface area contributed by atoms with Gasteiger partial charge in [0.2, 0.25) is 0 Å². The van der Waals surface area contributed by atoms with Gasteiger partial charge in [-0.3, -0.25) is 4.79 Å². The van der Waals surface area contributed by atoms with E-state index in [1.807, 2.05) is 30.3 Å². The maximum Gasteiger partial charge on any atom is 0.326 e. The van der Waals surface area contributed by atoms with Crippen LogP contribution in [0.15, 0.2) is 30.3 Å². The zero-order valence-corrected chi connectivity index (χ0v) is 9.25. The lowest BCUT2D eigenvalue weighted by atomic mass is 10.0. The van der Waals surface area contributed by atoms with Crippen LogP contribution < -0.4 is 0 Å². The Labute approximate surface area is 89.7 Å². The molecule has 0 heterocycles. The van der Waals surface area contributed by atoms with Gasteiger partial charge in [0.1, 0.15) is 4.75 Å². The fourth-order valence-electron chi connectivity index (χ4n) is 1.15. The number of carbonyl (C=O) groups excluding carboxylic acids is 1. The van der Waals surface area contributed by atoms with E-state index in [0.717, 1.165) is 5.56 Å². The second-order valence-electron chi connectivity index (χ2n) is 3.16. The van der Waals surface area contributed by atoms with E-state index in [1.165, 1.54) is 0 Å². The van der Waals surface area contributed by atoms with E-state index in [4.69, 9.17) is 4.74 Å². The van der Waals surface area contributed by atoms with Crippen LogP contribution in [0.2, 0.25) is 0 Å². The van der Waals surface area contributed by atoms with Gasteiger partial charge in [-0.15, -0.1) is 0 Å². The number of ether oxygens (including phenoxy) is 1. The summed E-state index contributed by atoms with van der Waals surface area (Å²) in [4.78, 5) is 11.6. The van der Waals surface area contributed by atoms with Crippen molar-refractivity contribution in [2.24, 2.45) is 0 Å². The first-order chi connectivity index (χ1) is 6.59. The fraction of sp³-hybridized carbons (Fsp3) is 0.364. The van der Waals surface area contributed by atoms with Gasteiger partial charge >= 0.3 is 5.97 Å². The van der Waals surface area contributed by atoms with E-state index >= 15 is 0 Å². The number of carbonyl (C=O) groups is 1. The van der Waals surface area contributed by atoms with Crippen LogP contribution in [0, 0.1) is 0 Å². The number of thiol groups is 1. The Kier molecular flexibility index (Phi) is 3.58. The Morgan fingerprint density at radius 1 is 1.43 bits per heavy atom. The van der Waals surface area contributed by atoms with Gasteiger partial charge in [-0.1, -0.05) is 30.3 Å². The van der Waals surface area contributed by atoms with Crippen molar-refractivity contribution >= 4 is 18.6 Å². The highest BCUT2D eigenvalue weighted by Crippen LogP contribution is 2.29. The first kappa shape index (κ1) is 11.1. The third-order valence-corrected chi connectivity index (χ3v) is 2.45. The van der Waals surface area contributed by atoms with Crippen LogP contribution in [0.3, 0.4) is 0 Å². The van der Waals surface area contributed by atoms with E-state index < -0.39 is 4.75 Å². The van der Waals surface area contributed by atoms with Crippen molar-refractivity contribution in [1.29, 1.82) is 0 Å². The van der Waals surface area contributed by atoms with E-state index in [9.17, 15) is 4.79 Å². The molecule has 1 unspecified atom stereocenters. The van der Waals surface area contributed by atoms with Crippen LogP contribution in [0.5, 0.6) is 0 Å². The van der Waals surface area contributed by atoms with Crippen molar-refractivity contribution in [1.82, 2.24) is 0 Å². The van der Waals surface area contributed by atoms with E-state index in [1.54, 1.807) is 13.8 Å². The van der Waals surface area contributed by atoms with Crippen molar-refractivity contribution in [2.45, 2.75) is 18.6 Å². The molecule has 0 N–H and O–H groups in total. The fourth-order valence-corrected chi connectivity index (χ4v) is 1.37. The summed E-state index contributed by atoms with van der Waals surface area (Å²) in [7, 11) is 0. The summed E-state index contributed by atoms with van der Waals surface area (Å²) >= 11 is 4.33. The molecule has 0 saturated carbocycles. The van der Waals surface area contributed by atoms with Gasteiger partial charge in [0.05, 0.1) is 6.61 Å². The Morgan fingerprint density at radius 2 is 2.00 bits per heavy atom. The van der Waals surface area contributed by atoms with Crippen molar-refractivity contribution < 1.29 is 9.53 Å². The predicted molar refractivity (Wildman–Crippen MR) is 59.4 cm³/mol. The van der Waals surface area contributed by atoms with Gasteiger partial charge in [-0.25, -0.2) is 0 Å². The Morgan fingerprint density at radius 3 is 2.50 bits per heavy atom. The summed E-state index contributed by atoms with van der Waals surface area (Å²) < 4.78 is 4.08. The zero-order valence-electron chi connectivity index (χ0n) is 8.36. The number of benzene rings is 1. The predicted octanol–water partition coefficient (Wildman–Crippen LogP) is 2.39. The molecule has 0 bridgehead atoms. The molecule has 1 aromatic rings. The Hall–Kier alpha value is -0.960. The van der Waals surface area contributed by atoms with Gasteiger partial charge in [0, 0.05) is 0 Å². The molecule has 0 aliphatic carbocycles. The second kappa shape index (κ2) is 4.51. The normalized spacial score (nSPS) is 14.5. The minimum absolute atomic E-state index is 0.311. The number of esters is 1. The summed E-state index contributed by atoms with van der Waals surface area (Å²) in [5.74, 6) is -0.311. The van der Waals surface area contributed by atoms with Gasteiger partial charge in [0.15, 0.2) is 0 Å². The summed E-state index contributed by atoms with van der Waals surface area (Å²) in [6.45, 7) is 3.90. The minimum atomic E-state index is -0.864. The quantitative estimate of drug-likeness (QED) is 0.612. The molecule has 0 spiro atoms. The van der Waals surface area contributed by atoms with Gasteiger partial charge in [-0.05, 0) is 19.4 Å². The summed E-state index contributed by atoms with van der Waals surface area (Å²) in [5, 5.41) is 0. The molecular formula is C11H14O2S. The molecule has 1 atom stereocenters. The molecule has 0 aromatic heterocycles. The first-order valence-corrected chi connectivity index (χ1v) is 4.99. The SMILES string of the molecule is CCOC(=O)C(C)(S)c1ccccc1. The molecule has 0 saturated heterocycles. The molecular weight excluding hydrogens is 196 g/mol. The van der Waals surface area contributed by atoms with Gasteiger partial charge in [-0.2, -0.15) is 12.6 Å². The summed E-state index contributed by atoms with van der Waals surface area (Å²) in [6.07, 6.45) is 0. The highest BCUT2D eigenvalue weighted by atomic mass is 32.1. The third kappa shape index (κ3) is 2.29. The standard InChI is InChI=1S/C11H14O2S/c1-3-13-10(12)11(2,14)9-7-5-4-6-8-9/h4-8,14H,3H2,1-2H3. The van der Waals surface area contributed by atoms with E-state index in [-0.39, 0.29) is 5.97 Å². The van der Waals surface area contributed by atoms with Crippen LogP contribution >= 0.6 is 12.6 Å². The molecule has 14 heavy (non-hydrogen) atoms. The lowest BCUT2D eigenvalue weighted by molar-refractivity contribution is -0.145. The lowest BCUT2D eigenvalue weighted by Crippen LogP contribution is -2.28. The second-order valence-corrected chi connectivity index (χ2v) is 4.05. The van der Waals surface area contributed by atoms with Crippen LogP contribution in [-0.2, 0) is 14.3 Å². The average Bonchev–Trinajstić information content (AvgIpc) is 2.19. The molecule has 1 rings (SSSR count). The Bertz CT molecular complexity index is 306. The molecule has 0 amide bonds. The van der Waals surface area contributed by atoms with Crippen molar-refractivity contribution in [3.8, 4) is 0 Å². The average molecular weight is 210 g/mol. The van der Waals surface area contributed by atoms with Crippen LogP contribution in [0.1, 0.15) is 19.4 Å². The highest BCUT2D eigenvalue weighted by Gasteiger charge is 2.32. The highest BCUT2D eigenvalue weighted by molar-refractivity contribution is 7.82. The molecule has 76 valence electrons. The zero-order chi connectivity index (χ0) is 10.6. The molecule has 1 aromatic carbocycles. The molecule has 3 heteroatoms. The smallest absolute Gasteiger partial charge is 0.326 e. The third-order valence-electron chi connectivity index (χ3n) is 2.01. The van der Waals surface area contributed by atoms with Crippen molar-refractivity contribution in [3.63, 3.8) is 0 Å². The molecule has 0 aliphatic rings. The van der Waals surface area contributed by atoms with E-state index in [2.05, 4.69) is 12.6 Å². The number of hydrogen-bond donors (Lipinski definition) is 1. The molecule has 0 radical (unpaired) electrons. The first-order valence-electron chi connectivity index (χ1n) is 4.54. The maximum atomic E-state index is 11.6. The molecule has 0 fully saturated rings. The van der Waals surface area contributed by atoms with Crippen molar-refractivity contribution in [2.75, 3.05) is 6.61 Å². The monoisotopic (exact) mass is 210 g/mol. The summed E-state index contributed by atoms with van der Waals surface area (Å²) in [6, 6.07) is 9.39. The van der Waals surface area contributed by atoms with Crippen LogP contribution in [0.4, 0.5) is 0 Å². The Balaban J connectivity index is 2.90. The largest absolute Gasteiger partial charge is 0.465 e. The van der Waals surface area contributed by atoms with E-state index in [0.29, 0.717) is 6.61 Å². The number of hydrogen-bond acceptors (Lipinski definition) is 3. The topological polar surface area (TPSA) is 26.3 Å². The maximum absolute atomic E-state index is 11.6. The van der Waals surface area contributed by atoms with Crippen LogP contribution in [-0.4, -0.2) is 12.6 Å². The number of rotatable bonds is 3. The molecule has 2 nitrogen and oxygen atoms in total. The summed E-state index contributed by atoms with van der Waals surface area (Å²) in [5.41, 5.74) is 0.849. The van der Waals surface area contributed by atoms with Gasteiger partial charge in [0.25, 0.3) is 0 Å². The van der Waals surface area contributed by atoms with Gasteiger partial charge < -0.3 is 4.74 Å². The lowest BCUT2D eigenvalue weighted by Gasteiger charge is -2.21. The van der Waals surface area contributed by atoms with Crippen LogP contribution in [0.25, 0.3) is 0 Å². The molecule has 0 aliphatic heterocycles.